The minimum absolute atomic E-state index is 0.134. The molecule has 0 aliphatic rings. The molecule has 1 N–H and O–H groups in total. The molecule has 0 fully saturated rings. The standard InChI is InChI=1S/C13H13Cl2N3O4/c1-20-5-8(19)17-11-9(15)6(14)4-7-10(11)18-13(22-3)12(16-7)21-2/h4H,5H2,1-3H3,(H,17,19). The van der Waals surface area contributed by atoms with Gasteiger partial charge in [0, 0.05) is 7.11 Å². The Morgan fingerprint density at radius 1 is 1.18 bits per heavy atom. The van der Waals surface area contributed by atoms with Crippen LogP contribution in [0.2, 0.25) is 10.0 Å². The maximum atomic E-state index is 11.8. The number of halogens is 2. The summed E-state index contributed by atoms with van der Waals surface area (Å²) in [6.07, 6.45) is 0. The molecule has 0 aliphatic heterocycles. The molecule has 0 aliphatic carbocycles. The molecule has 0 saturated carbocycles. The fraction of sp³-hybridized carbons (Fsp3) is 0.308. The Balaban J connectivity index is 2.66. The Kier molecular flexibility index (Phi) is 5.23. The monoisotopic (exact) mass is 345 g/mol. The summed E-state index contributed by atoms with van der Waals surface area (Å²) >= 11 is 12.2. The lowest BCUT2D eigenvalue weighted by Gasteiger charge is -2.13. The molecule has 2 rings (SSSR count). The van der Waals surface area contributed by atoms with Crippen molar-refractivity contribution in [3.05, 3.63) is 16.1 Å². The number of rotatable bonds is 5. The van der Waals surface area contributed by atoms with Crippen LogP contribution in [0.25, 0.3) is 11.0 Å². The summed E-state index contributed by atoms with van der Waals surface area (Å²) in [6.45, 7) is -0.134. The van der Waals surface area contributed by atoms with Crippen molar-refractivity contribution in [2.45, 2.75) is 0 Å². The lowest BCUT2D eigenvalue weighted by atomic mass is 10.2. The number of carbonyl (C=O) groups excluding carboxylic acids is 1. The number of benzene rings is 1. The zero-order valence-corrected chi connectivity index (χ0v) is 13.6. The predicted octanol–water partition coefficient (Wildman–Crippen LogP) is 2.54. The average Bonchev–Trinajstić information content (AvgIpc) is 2.50. The number of nitrogens with one attached hydrogen (secondary N) is 1. The van der Waals surface area contributed by atoms with Gasteiger partial charge in [0.15, 0.2) is 0 Å². The van der Waals surface area contributed by atoms with E-state index in [1.54, 1.807) is 0 Å². The first kappa shape index (κ1) is 16.5. The Bertz CT molecular complexity index is 724. The number of hydrogen-bond acceptors (Lipinski definition) is 6. The van der Waals surface area contributed by atoms with E-state index in [4.69, 9.17) is 37.4 Å². The lowest BCUT2D eigenvalue weighted by Crippen LogP contribution is -2.18. The Labute approximate surface area is 136 Å². The van der Waals surface area contributed by atoms with Crippen molar-refractivity contribution >= 4 is 45.8 Å². The van der Waals surface area contributed by atoms with Crippen LogP contribution in [-0.2, 0) is 9.53 Å². The largest absolute Gasteiger partial charge is 0.477 e. The van der Waals surface area contributed by atoms with Crippen molar-refractivity contribution in [3.8, 4) is 11.8 Å². The summed E-state index contributed by atoms with van der Waals surface area (Å²) in [4.78, 5) is 20.3. The summed E-state index contributed by atoms with van der Waals surface area (Å²) in [5.41, 5.74) is 0.968. The van der Waals surface area contributed by atoms with Gasteiger partial charge in [0.2, 0.25) is 5.91 Å². The summed E-state index contributed by atoms with van der Waals surface area (Å²) in [6, 6.07) is 1.53. The summed E-state index contributed by atoms with van der Waals surface area (Å²) in [5.74, 6) is -0.0391. The highest BCUT2D eigenvalue weighted by molar-refractivity contribution is 6.45. The second-order valence-corrected chi connectivity index (χ2v) is 4.92. The summed E-state index contributed by atoms with van der Waals surface area (Å²) < 4.78 is 15.0. The number of nitrogens with zero attached hydrogens (tertiary/aromatic N) is 2. The topological polar surface area (TPSA) is 82.6 Å². The average molecular weight is 346 g/mol. The molecule has 0 saturated heterocycles. The number of fused-ring (bicyclic) bond motifs is 1. The van der Waals surface area contributed by atoms with Crippen LogP contribution in [-0.4, -0.2) is 43.8 Å². The molecule has 0 unspecified atom stereocenters. The fourth-order valence-corrected chi connectivity index (χ4v) is 2.18. The molecule has 22 heavy (non-hydrogen) atoms. The van der Waals surface area contributed by atoms with Crippen molar-refractivity contribution in [2.24, 2.45) is 0 Å². The van der Waals surface area contributed by atoms with E-state index in [0.717, 1.165) is 0 Å². The number of ether oxygens (including phenoxy) is 3. The van der Waals surface area contributed by atoms with E-state index in [-0.39, 0.29) is 34.1 Å². The number of hydrogen-bond donors (Lipinski definition) is 1. The molecule has 0 radical (unpaired) electrons. The van der Waals surface area contributed by atoms with Crippen molar-refractivity contribution in [2.75, 3.05) is 33.3 Å². The number of methoxy groups -OCH3 is 3. The Morgan fingerprint density at radius 3 is 2.41 bits per heavy atom. The molecular weight excluding hydrogens is 333 g/mol. The molecule has 1 aromatic carbocycles. The van der Waals surface area contributed by atoms with E-state index in [1.807, 2.05) is 0 Å². The van der Waals surface area contributed by atoms with Gasteiger partial charge in [0.25, 0.3) is 11.8 Å². The van der Waals surface area contributed by atoms with E-state index in [2.05, 4.69) is 15.3 Å². The van der Waals surface area contributed by atoms with Gasteiger partial charge < -0.3 is 19.5 Å². The highest BCUT2D eigenvalue weighted by atomic mass is 35.5. The molecule has 0 bridgehead atoms. The van der Waals surface area contributed by atoms with Gasteiger partial charge in [0.1, 0.15) is 12.1 Å². The minimum atomic E-state index is -0.399. The zero-order chi connectivity index (χ0) is 16.3. The van der Waals surface area contributed by atoms with Crippen molar-refractivity contribution < 1.29 is 19.0 Å². The first-order chi connectivity index (χ1) is 10.5. The van der Waals surface area contributed by atoms with E-state index < -0.39 is 5.91 Å². The van der Waals surface area contributed by atoms with Crippen LogP contribution in [0.15, 0.2) is 6.07 Å². The quantitative estimate of drug-likeness (QED) is 0.896. The van der Waals surface area contributed by atoms with Crippen LogP contribution in [0.1, 0.15) is 0 Å². The molecule has 0 atom stereocenters. The van der Waals surface area contributed by atoms with E-state index in [0.29, 0.717) is 11.0 Å². The molecule has 118 valence electrons. The summed E-state index contributed by atoms with van der Waals surface area (Å²) in [7, 11) is 4.28. The van der Waals surface area contributed by atoms with Gasteiger partial charge in [0.05, 0.1) is 35.5 Å². The predicted molar refractivity (Wildman–Crippen MR) is 83.2 cm³/mol. The van der Waals surface area contributed by atoms with Gasteiger partial charge in [-0.3, -0.25) is 4.79 Å². The van der Waals surface area contributed by atoms with Crippen molar-refractivity contribution in [3.63, 3.8) is 0 Å². The normalized spacial score (nSPS) is 10.6. The van der Waals surface area contributed by atoms with Gasteiger partial charge in [-0.05, 0) is 6.07 Å². The summed E-state index contributed by atoms with van der Waals surface area (Å²) in [5, 5.41) is 2.98. The van der Waals surface area contributed by atoms with Crippen LogP contribution in [0, 0.1) is 0 Å². The van der Waals surface area contributed by atoms with E-state index in [1.165, 1.54) is 27.4 Å². The fourth-order valence-electron chi connectivity index (χ4n) is 1.79. The van der Waals surface area contributed by atoms with Gasteiger partial charge in [-0.1, -0.05) is 23.2 Å². The maximum absolute atomic E-state index is 11.8. The van der Waals surface area contributed by atoms with Crippen LogP contribution >= 0.6 is 23.2 Å². The van der Waals surface area contributed by atoms with Gasteiger partial charge >= 0.3 is 0 Å². The molecule has 2 aromatic rings. The highest BCUT2D eigenvalue weighted by Gasteiger charge is 2.19. The molecular formula is C13H13Cl2N3O4. The molecule has 1 aromatic heterocycles. The number of aromatic nitrogens is 2. The van der Waals surface area contributed by atoms with Crippen LogP contribution in [0.4, 0.5) is 5.69 Å². The van der Waals surface area contributed by atoms with Crippen molar-refractivity contribution in [1.82, 2.24) is 9.97 Å². The van der Waals surface area contributed by atoms with Crippen LogP contribution in [0.3, 0.4) is 0 Å². The maximum Gasteiger partial charge on any atom is 0.278 e. The molecule has 7 nitrogen and oxygen atoms in total. The third kappa shape index (κ3) is 3.16. The lowest BCUT2D eigenvalue weighted by molar-refractivity contribution is -0.119. The van der Waals surface area contributed by atoms with E-state index >= 15 is 0 Å². The Morgan fingerprint density at radius 2 is 1.82 bits per heavy atom. The molecule has 0 spiro atoms. The zero-order valence-electron chi connectivity index (χ0n) is 12.1. The molecule has 1 heterocycles. The third-order valence-electron chi connectivity index (χ3n) is 2.72. The number of amides is 1. The van der Waals surface area contributed by atoms with Gasteiger partial charge in [-0.15, -0.1) is 0 Å². The number of anilines is 1. The smallest absolute Gasteiger partial charge is 0.278 e. The number of carbonyl (C=O) groups is 1. The van der Waals surface area contributed by atoms with Gasteiger partial charge in [-0.25, -0.2) is 9.97 Å². The first-order valence-corrected chi connectivity index (χ1v) is 6.84. The third-order valence-corrected chi connectivity index (χ3v) is 3.50. The second kappa shape index (κ2) is 6.95. The second-order valence-electron chi connectivity index (χ2n) is 4.14. The molecule has 1 amide bonds. The molecule has 9 heteroatoms. The SMILES string of the molecule is COCC(=O)Nc1c(Cl)c(Cl)cc2nc(OC)c(OC)nc12. The van der Waals surface area contributed by atoms with E-state index in [9.17, 15) is 4.79 Å². The van der Waals surface area contributed by atoms with Gasteiger partial charge in [-0.2, -0.15) is 0 Å². The highest BCUT2D eigenvalue weighted by Crippen LogP contribution is 2.38. The van der Waals surface area contributed by atoms with Crippen LogP contribution in [0.5, 0.6) is 11.8 Å². The van der Waals surface area contributed by atoms with Crippen molar-refractivity contribution in [1.29, 1.82) is 0 Å². The minimum Gasteiger partial charge on any atom is -0.477 e. The first-order valence-electron chi connectivity index (χ1n) is 6.08. The van der Waals surface area contributed by atoms with Crippen LogP contribution < -0.4 is 14.8 Å². The Hall–Kier alpha value is -1.83.